The van der Waals surface area contributed by atoms with E-state index in [4.69, 9.17) is 0 Å². The molecule has 2 aromatic carbocycles. The number of carbonyl (C=O) groups excluding carboxylic acids is 1. The molecular formula is C16H11Br2F2NO4. The van der Waals surface area contributed by atoms with Gasteiger partial charge < -0.3 is 4.74 Å². The zero-order valence-corrected chi connectivity index (χ0v) is 15.6. The predicted molar refractivity (Wildman–Crippen MR) is 94.9 cm³/mol. The molecule has 132 valence electrons. The molecule has 0 aliphatic heterocycles. The fourth-order valence-corrected chi connectivity index (χ4v) is 3.16. The Hall–Kier alpha value is -1.87. The number of carbonyl (C=O) groups is 1. The zero-order chi connectivity index (χ0) is 18.6. The third kappa shape index (κ3) is 5.05. The molecule has 0 aliphatic carbocycles. The van der Waals surface area contributed by atoms with Crippen LogP contribution < -0.4 is 4.74 Å². The van der Waals surface area contributed by atoms with Crippen LogP contribution in [0.2, 0.25) is 0 Å². The highest BCUT2D eigenvalue weighted by molar-refractivity contribution is 9.12. The topological polar surface area (TPSA) is 69.4 Å². The number of benzene rings is 2. The van der Waals surface area contributed by atoms with E-state index >= 15 is 0 Å². The maximum Gasteiger partial charge on any atom is 0.387 e. The van der Waals surface area contributed by atoms with E-state index in [2.05, 4.69) is 36.6 Å². The van der Waals surface area contributed by atoms with E-state index in [-0.39, 0.29) is 17.2 Å². The molecule has 0 heterocycles. The first-order valence-electron chi connectivity index (χ1n) is 6.91. The molecule has 2 atom stereocenters. The lowest BCUT2D eigenvalue weighted by molar-refractivity contribution is -0.384. The molecule has 0 bridgehead atoms. The number of hydrogen-bond donors (Lipinski definition) is 0. The van der Waals surface area contributed by atoms with Crippen LogP contribution in [0.25, 0.3) is 0 Å². The van der Waals surface area contributed by atoms with Crippen molar-refractivity contribution in [1.29, 1.82) is 0 Å². The second-order valence-electron chi connectivity index (χ2n) is 4.92. The van der Waals surface area contributed by atoms with Crippen LogP contribution in [-0.4, -0.2) is 22.1 Å². The molecule has 0 N–H and O–H groups in total. The molecule has 0 aliphatic rings. The standard InChI is InChI=1S/C16H11Br2F2NO4/c17-13(9-1-5-11(6-2-9)21(23)24)14(18)15(22)10-3-7-12(8-4-10)25-16(19)20/h1-8,13-14,16H/t13-,14+/m1/s1. The van der Waals surface area contributed by atoms with Crippen molar-refractivity contribution in [2.45, 2.75) is 16.3 Å². The number of Topliss-reactive ketones (excluding diaryl/α,β-unsaturated/α-hetero) is 1. The number of nitro benzene ring substituents is 1. The minimum atomic E-state index is -2.93. The minimum Gasteiger partial charge on any atom is -0.435 e. The monoisotopic (exact) mass is 477 g/mol. The fourth-order valence-electron chi connectivity index (χ4n) is 2.04. The second kappa shape index (κ2) is 8.48. The predicted octanol–water partition coefficient (Wildman–Crippen LogP) is 5.28. The lowest BCUT2D eigenvalue weighted by atomic mass is 10.0. The van der Waals surface area contributed by atoms with E-state index in [0.29, 0.717) is 11.1 Å². The molecule has 2 aromatic rings. The molecule has 9 heteroatoms. The molecule has 0 saturated carbocycles. The Balaban J connectivity index is 2.11. The molecule has 0 amide bonds. The summed E-state index contributed by atoms with van der Waals surface area (Å²) >= 11 is 6.70. The fraction of sp³-hybridized carbons (Fsp3) is 0.188. The normalized spacial score (nSPS) is 13.3. The van der Waals surface area contributed by atoms with Gasteiger partial charge in [0.1, 0.15) is 5.75 Å². The smallest absolute Gasteiger partial charge is 0.387 e. The van der Waals surface area contributed by atoms with Gasteiger partial charge in [0.15, 0.2) is 5.78 Å². The Bertz CT molecular complexity index is 754. The van der Waals surface area contributed by atoms with Crippen LogP contribution in [0, 0.1) is 10.1 Å². The number of ketones is 1. The minimum absolute atomic E-state index is 0.0385. The van der Waals surface area contributed by atoms with Crippen LogP contribution in [0.4, 0.5) is 14.5 Å². The molecule has 25 heavy (non-hydrogen) atoms. The van der Waals surface area contributed by atoms with Crippen LogP contribution >= 0.6 is 31.9 Å². The highest BCUT2D eigenvalue weighted by atomic mass is 79.9. The van der Waals surface area contributed by atoms with Crippen molar-refractivity contribution in [3.63, 3.8) is 0 Å². The molecular weight excluding hydrogens is 468 g/mol. The lowest BCUT2D eigenvalue weighted by Gasteiger charge is -2.16. The number of hydrogen-bond acceptors (Lipinski definition) is 4. The van der Waals surface area contributed by atoms with Crippen molar-refractivity contribution in [2.75, 3.05) is 0 Å². The number of halogens is 4. The number of rotatable bonds is 7. The summed E-state index contributed by atoms with van der Waals surface area (Å²) in [6.45, 7) is -2.93. The SMILES string of the molecule is O=C(c1ccc(OC(F)F)cc1)[C@@H](Br)[C@H](Br)c1ccc([N+](=O)[O-])cc1. The second-order valence-corrected chi connectivity index (χ2v) is 6.89. The van der Waals surface area contributed by atoms with E-state index in [1.807, 2.05) is 0 Å². The average molecular weight is 479 g/mol. The van der Waals surface area contributed by atoms with Gasteiger partial charge in [-0.25, -0.2) is 0 Å². The highest BCUT2D eigenvalue weighted by Crippen LogP contribution is 2.34. The Labute approximate surface area is 158 Å². The third-order valence-corrected chi connectivity index (χ3v) is 6.01. The van der Waals surface area contributed by atoms with Gasteiger partial charge in [0.25, 0.3) is 5.69 Å². The summed E-state index contributed by atoms with van der Waals surface area (Å²) in [6, 6.07) is 11.2. The van der Waals surface area contributed by atoms with E-state index in [1.165, 1.54) is 36.4 Å². The maximum absolute atomic E-state index is 12.5. The van der Waals surface area contributed by atoms with Crippen molar-refractivity contribution >= 4 is 43.3 Å². The molecule has 0 fully saturated rings. The van der Waals surface area contributed by atoms with Crippen LogP contribution in [0.1, 0.15) is 20.7 Å². The molecule has 0 saturated heterocycles. The van der Waals surface area contributed by atoms with Crippen LogP contribution in [-0.2, 0) is 0 Å². The molecule has 2 rings (SSSR count). The third-order valence-electron chi connectivity index (χ3n) is 3.29. The first-order chi connectivity index (χ1) is 11.8. The van der Waals surface area contributed by atoms with Gasteiger partial charge in [-0.15, -0.1) is 0 Å². The maximum atomic E-state index is 12.5. The Morgan fingerprint density at radius 3 is 2.08 bits per heavy atom. The number of nitrogens with zero attached hydrogens (tertiary/aromatic N) is 1. The molecule has 0 spiro atoms. The Morgan fingerprint density at radius 1 is 1.04 bits per heavy atom. The molecule has 0 aromatic heterocycles. The summed E-state index contributed by atoms with van der Waals surface area (Å²) in [5.74, 6) is -0.313. The van der Waals surface area contributed by atoms with Gasteiger partial charge in [-0.2, -0.15) is 8.78 Å². The molecule has 0 unspecified atom stereocenters. The van der Waals surface area contributed by atoms with Crippen LogP contribution in [0.15, 0.2) is 48.5 Å². The summed E-state index contributed by atoms with van der Waals surface area (Å²) in [7, 11) is 0. The lowest BCUT2D eigenvalue weighted by Crippen LogP contribution is -2.19. The van der Waals surface area contributed by atoms with Gasteiger partial charge in [-0.1, -0.05) is 44.0 Å². The number of non-ortho nitro benzene ring substituents is 1. The quantitative estimate of drug-likeness (QED) is 0.235. The first-order valence-corrected chi connectivity index (χ1v) is 8.74. The summed E-state index contributed by atoms with van der Waals surface area (Å²) in [5, 5.41) is 10.7. The van der Waals surface area contributed by atoms with E-state index in [9.17, 15) is 23.7 Å². The summed E-state index contributed by atoms with van der Waals surface area (Å²) in [5.41, 5.74) is 0.948. The highest BCUT2D eigenvalue weighted by Gasteiger charge is 2.26. The summed E-state index contributed by atoms with van der Waals surface area (Å²) in [6.07, 6.45) is 0. The number of nitro groups is 1. The average Bonchev–Trinajstić information content (AvgIpc) is 2.60. The van der Waals surface area contributed by atoms with Gasteiger partial charge in [0.05, 0.1) is 14.6 Å². The van der Waals surface area contributed by atoms with Gasteiger partial charge in [0, 0.05) is 17.7 Å². The Morgan fingerprint density at radius 2 is 1.60 bits per heavy atom. The largest absolute Gasteiger partial charge is 0.435 e. The van der Waals surface area contributed by atoms with E-state index in [1.54, 1.807) is 12.1 Å². The molecule has 5 nitrogen and oxygen atoms in total. The molecule has 0 radical (unpaired) electrons. The van der Waals surface area contributed by atoms with Gasteiger partial charge in [-0.05, 0) is 29.8 Å². The van der Waals surface area contributed by atoms with Crippen LogP contribution in [0.3, 0.4) is 0 Å². The van der Waals surface area contributed by atoms with Crippen molar-refractivity contribution in [1.82, 2.24) is 0 Å². The van der Waals surface area contributed by atoms with Gasteiger partial charge in [0.2, 0.25) is 0 Å². The van der Waals surface area contributed by atoms with E-state index in [0.717, 1.165) is 0 Å². The summed E-state index contributed by atoms with van der Waals surface area (Å²) in [4.78, 5) is 21.6. The van der Waals surface area contributed by atoms with Gasteiger partial charge in [-0.3, -0.25) is 14.9 Å². The first kappa shape index (κ1) is 19.5. The Kier molecular flexibility index (Phi) is 6.60. The van der Waals surface area contributed by atoms with Crippen molar-refractivity contribution < 1.29 is 23.2 Å². The van der Waals surface area contributed by atoms with Crippen molar-refractivity contribution in [2.24, 2.45) is 0 Å². The summed E-state index contributed by atoms with van der Waals surface area (Å²) < 4.78 is 28.5. The van der Waals surface area contributed by atoms with Crippen LogP contribution in [0.5, 0.6) is 5.75 Å². The van der Waals surface area contributed by atoms with E-state index < -0.39 is 21.2 Å². The zero-order valence-electron chi connectivity index (χ0n) is 12.4. The number of alkyl halides is 4. The number of ether oxygens (including phenoxy) is 1. The van der Waals surface area contributed by atoms with Gasteiger partial charge >= 0.3 is 6.61 Å². The van der Waals surface area contributed by atoms with Crippen molar-refractivity contribution in [3.8, 4) is 5.75 Å². The van der Waals surface area contributed by atoms with Crippen molar-refractivity contribution in [3.05, 3.63) is 69.8 Å².